The van der Waals surface area contributed by atoms with E-state index in [0.29, 0.717) is 49.2 Å². The van der Waals surface area contributed by atoms with Crippen LogP contribution in [0.3, 0.4) is 0 Å². The van der Waals surface area contributed by atoms with Gasteiger partial charge in [-0.15, -0.1) is 6.58 Å². The van der Waals surface area contributed by atoms with Crippen molar-refractivity contribution >= 4 is 23.2 Å². The summed E-state index contributed by atoms with van der Waals surface area (Å²) in [4.78, 5) is 7.11. The van der Waals surface area contributed by atoms with Crippen molar-refractivity contribution in [3.8, 4) is 0 Å². The quantitative estimate of drug-likeness (QED) is 0.150. The first-order valence-corrected chi connectivity index (χ1v) is 18.4. The molecule has 1 unspecified atom stereocenters. The van der Waals surface area contributed by atoms with Crippen LogP contribution in [0.4, 0.5) is 81.6 Å². The first kappa shape index (κ1) is 45.7. The number of rotatable bonds is 10. The SMILES string of the molecule is C=CC(C)(C)C1=Nc2ccc(Cc3ccc4c(c3)C(C(F)(F)F)(C(F)(F)F)OC(C(F)(F)c3ccc(C(F)(F)C(C)(CC)C5CC5)cc3)=N4)cc2C(C(F)(F)F)(C(F)(F)F)O1. The third-order valence-electron chi connectivity index (χ3n) is 11.7. The summed E-state index contributed by atoms with van der Waals surface area (Å²) in [5.74, 6) is -12.3. The fourth-order valence-corrected chi connectivity index (χ4v) is 7.54. The van der Waals surface area contributed by atoms with Crippen LogP contribution in [0.25, 0.3) is 0 Å². The summed E-state index contributed by atoms with van der Waals surface area (Å²) in [6.07, 6.45) is -24.5. The first-order valence-electron chi connectivity index (χ1n) is 18.4. The fraction of sp³-hybridized carbons (Fsp3) is 0.463. The second kappa shape index (κ2) is 14.1. The number of hydrogen-bond donors (Lipinski definition) is 0. The van der Waals surface area contributed by atoms with Gasteiger partial charge in [-0.2, -0.15) is 61.5 Å². The van der Waals surface area contributed by atoms with E-state index in [1.165, 1.54) is 27.7 Å². The maximum atomic E-state index is 16.0. The van der Waals surface area contributed by atoms with E-state index in [9.17, 15) is 52.7 Å². The van der Waals surface area contributed by atoms with Gasteiger partial charge in [0.15, 0.2) is 5.90 Å². The van der Waals surface area contributed by atoms with E-state index in [1.807, 2.05) is 0 Å². The highest BCUT2D eigenvalue weighted by molar-refractivity contribution is 5.90. The van der Waals surface area contributed by atoms with E-state index in [2.05, 4.69) is 26.0 Å². The molecule has 0 saturated heterocycles. The van der Waals surface area contributed by atoms with E-state index in [4.69, 9.17) is 0 Å². The number of benzene rings is 3. The van der Waals surface area contributed by atoms with Gasteiger partial charge in [-0.1, -0.05) is 56.3 Å². The molecule has 1 fully saturated rings. The fourth-order valence-electron chi connectivity index (χ4n) is 7.54. The molecule has 6 rings (SSSR count). The smallest absolute Gasteiger partial charge is 0.442 e. The number of alkyl halides is 16. The van der Waals surface area contributed by atoms with Crippen molar-refractivity contribution in [2.75, 3.05) is 0 Å². The molecule has 3 aliphatic rings. The van der Waals surface area contributed by atoms with E-state index in [1.54, 1.807) is 0 Å². The van der Waals surface area contributed by atoms with Crippen LogP contribution in [0.15, 0.2) is 83.3 Å². The number of halogens is 16. The zero-order chi connectivity index (χ0) is 45.8. The molecule has 0 spiro atoms. The van der Waals surface area contributed by atoms with E-state index in [-0.39, 0.29) is 18.4 Å². The minimum atomic E-state index is -6.58. The Morgan fingerprint density at radius 2 is 1.00 bits per heavy atom. The summed E-state index contributed by atoms with van der Waals surface area (Å²) < 4.78 is 249. The van der Waals surface area contributed by atoms with Gasteiger partial charge in [0, 0.05) is 27.7 Å². The molecule has 2 heterocycles. The molecule has 0 N–H and O–H groups in total. The molecule has 332 valence electrons. The Morgan fingerprint density at radius 1 is 0.607 bits per heavy atom. The summed E-state index contributed by atoms with van der Waals surface area (Å²) in [6.45, 7) is 8.56. The third-order valence-corrected chi connectivity index (χ3v) is 11.7. The normalized spacial score (nSPS) is 19.3. The lowest BCUT2D eigenvalue weighted by Gasteiger charge is -2.43. The summed E-state index contributed by atoms with van der Waals surface area (Å²) >= 11 is 0. The summed E-state index contributed by atoms with van der Waals surface area (Å²) in [5, 5.41) is 0. The van der Waals surface area contributed by atoms with Gasteiger partial charge in [0.1, 0.15) is 0 Å². The first-order chi connectivity index (χ1) is 27.7. The third kappa shape index (κ3) is 7.02. The van der Waals surface area contributed by atoms with Gasteiger partial charge in [-0.3, -0.25) is 0 Å². The zero-order valence-electron chi connectivity index (χ0n) is 32.2. The van der Waals surface area contributed by atoms with Gasteiger partial charge in [0.05, 0.1) is 16.8 Å². The van der Waals surface area contributed by atoms with Crippen molar-refractivity contribution in [2.24, 2.45) is 26.7 Å². The van der Waals surface area contributed by atoms with Gasteiger partial charge in [-0.25, -0.2) is 18.8 Å². The van der Waals surface area contributed by atoms with Crippen LogP contribution >= 0.6 is 0 Å². The molecular formula is C41H34F16N2O2. The molecule has 0 aromatic heterocycles. The van der Waals surface area contributed by atoms with Gasteiger partial charge < -0.3 is 9.47 Å². The van der Waals surface area contributed by atoms with Crippen LogP contribution in [-0.2, 0) is 38.9 Å². The second-order valence-electron chi connectivity index (χ2n) is 16.0. The van der Waals surface area contributed by atoms with Gasteiger partial charge >= 0.3 is 41.8 Å². The van der Waals surface area contributed by atoms with Gasteiger partial charge in [-0.05, 0) is 80.8 Å². The monoisotopic (exact) mass is 890 g/mol. The molecule has 4 nitrogen and oxygen atoms in total. The Morgan fingerprint density at radius 3 is 1.38 bits per heavy atom. The highest BCUT2D eigenvalue weighted by atomic mass is 19.4. The predicted molar refractivity (Wildman–Crippen MR) is 189 cm³/mol. The van der Waals surface area contributed by atoms with Crippen LogP contribution in [0, 0.1) is 16.7 Å². The standard InChI is InChI=1S/C41H34F16N2O2/c1-6-32(3,4)30-58-28-16-8-21(19-26(28)35(60-30,38(46,47)48)39(49,50)51)18-22-9-17-29-27(20-22)36(40(52,53)54,41(55,56)57)61-31(59-29)34(42,43)24-12-14-25(15-13-24)37(44,45)33(5,7-2)23-10-11-23/h6,8-9,12-17,19-20,23H,1,7,10-11,18H2,2-5H3. The Bertz CT molecular complexity index is 2230. The minimum Gasteiger partial charge on any atom is -0.450 e. The summed E-state index contributed by atoms with van der Waals surface area (Å²) in [5.41, 5.74) is -22.7. The number of aliphatic imine (C=N–C) groups is 2. The molecule has 3 aromatic rings. The van der Waals surface area contributed by atoms with Crippen molar-refractivity contribution in [3.63, 3.8) is 0 Å². The predicted octanol–water partition coefficient (Wildman–Crippen LogP) is 14.0. The number of fused-ring (bicyclic) bond motifs is 2. The molecule has 0 radical (unpaired) electrons. The molecule has 3 aromatic carbocycles. The number of ether oxygens (including phenoxy) is 2. The van der Waals surface area contributed by atoms with Crippen molar-refractivity contribution in [1.29, 1.82) is 0 Å². The van der Waals surface area contributed by atoms with E-state index in [0.717, 1.165) is 24.3 Å². The Balaban J connectivity index is 1.44. The maximum Gasteiger partial charge on any atom is 0.442 e. The Hall–Kier alpha value is -4.78. The molecule has 2 aliphatic heterocycles. The Labute approximate surface area is 337 Å². The molecule has 61 heavy (non-hydrogen) atoms. The molecular weight excluding hydrogens is 856 g/mol. The minimum absolute atomic E-state index is 0.00468. The van der Waals surface area contributed by atoms with Crippen molar-refractivity contribution in [2.45, 2.75) is 101 Å². The van der Waals surface area contributed by atoms with Crippen LogP contribution in [0.1, 0.15) is 80.3 Å². The van der Waals surface area contributed by atoms with Crippen LogP contribution in [-0.4, -0.2) is 36.5 Å². The molecule has 20 heteroatoms. The van der Waals surface area contributed by atoms with Crippen molar-refractivity contribution in [3.05, 3.63) is 107 Å². The van der Waals surface area contributed by atoms with Crippen LogP contribution < -0.4 is 0 Å². The van der Waals surface area contributed by atoms with E-state index >= 15 is 17.6 Å². The van der Waals surface area contributed by atoms with Crippen molar-refractivity contribution < 1.29 is 79.7 Å². The average molecular weight is 891 g/mol. The lowest BCUT2D eigenvalue weighted by Crippen LogP contribution is -2.59. The zero-order valence-corrected chi connectivity index (χ0v) is 32.2. The Kier molecular flexibility index (Phi) is 10.6. The number of hydrogen-bond acceptors (Lipinski definition) is 4. The highest BCUT2D eigenvalue weighted by Crippen LogP contribution is 2.62. The van der Waals surface area contributed by atoms with E-state index < -0.39 is 122 Å². The topological polar surface area (TPSA) is 43.2 Å². The second-order valence-corrected chi connectivity index (χ2v) is 16.0. The molecule has 0 bridgehead atoms. The summed E-state index contributed by atoms with van der Waals surface area (Å²) in [7, 11) is 0. The molecule has 1 saturated carbocycles. The summed E-state index contributed by atoms with van der Waals surface area (Å²) in [6, 6.07) is 5.34. The largest absolute Gasteiger partial charge is 0.450 e. The van der Waals surface area contributed by atoms with Crippen LogP contribution in [0.5, 0.6) is 0 Å². The highest BCUT2D eigenvalue weighted by Gasteiger charge is 2.78. The lowest BCUT2D eigenvalue weighted by molar-refractivity contribution is -0.373. The lowest BCUT2D eigenvalue weighted by atomic mass is 9.73. The molecule has 1 atom stereocenters. The molecule has 0 amide bonds. The van der Waals surface area contributed by atoms with Crippen molar-refractivity contribution in [1.82, 2.24) is 0 Å². The van der Waals surface area contributed by atoms with Gasteiger partial charge in [0.25, 0.3) is 11.8 Å². The van der Waals surface area contributed by atoms with Crippen LogP contribution in [0.2, 0.25) is 0 Å². The van der Waals surface area contributed by atoms with Gasteiger partial charge in [0.2, 0.25) is 0 Å². The molecule has 1 aliphatic carbocycles. The number of nitrogens with zero attached hydrogens (tertiary/aromatic N) is 2. The average Bonchev–Trinajstić information content (AvgIpc) is 4.01. The maximum absolute atomic E-state index is 16.0.